The Morgan fingerprint density at radius 2 is 1.68 bits per heavy atom. The van der Waals surface area contributed by atoms with E-state index in [1.807, 2.05) is 49.0 Å². The van der Waals surface area contributed by atoms with Crippen LogP contribution in [0.1, 0.15) is 22.6 Å². The van der Waals surface area contributed by atoms with Gasteiger partial charge in [-0.05, 0) is 45.0 Å². The van der Waals surface area contributed by atoms with Crippen molar-refractivity contribution < 1.29 is 4.79 Å². The zero-order valence-corrected chi connectivity index (χ0v) is 18.5. The molecule has 7 nitrogen and oxygen atoms in total. The second-order valence-corrected chi connectivity index (χ2v) is 8.21. The molecular formula is C24H30N6O. The molecule has 0 radical (unpaired) electrons. The van der Waals surface area contributed by atoms with Crippen LogP contribution in [0.15, 0.2) is 48.7 Å². The van der Waals surface area contributed by atoms with E-state index in [1.54, 1.807) is 0 Å². The third-order valence-electron chi connectivity index (χ3n) is 5.78. The first kappa shape index (κ1) is 21.2. The van der Waals surface area contributed by atoms with Gasteiger partial charge < -0.3 is 5.32 Å². The van der Waals surface area contributed by atoms with Crippen LogP contribution in [0.5, 0.6) is 0 Å². The fourth-order valence-corrected chi connectivity index (χ4v) is 3.97. The van der Waals surface area contributed by atoms with Gasteiger partial charge in [-0.15, -0.1) is 0 Å². The van der Waals surface area contributed by atoms with Gasteiger partial charge in [0.25, 0.3) is 0 Å². The molecule has 7 heteroatoms. The predicted octanol–water partition coefficient (Wildman–Crippen LogP) is 2.95. The van der Waals surface area contributed by atoms with Gasteiger partial charge in [0.15, 0.2) is 0 Å². The van der Waals surface area contributed by atoms with E-state index in [0.29, 0.717) is 6.54 Å². The summed E-state index contributed by atoms with van der Waals surface area (Å²) in [5.74, 6) is 0.00725. The van der Waals surface area contributed by atoms with Gasteiger partial charge in [-0.1, -0.05) is 23.8 Å². The molecule has 1 aromatic carbocycles. The Kier molecular flexibility index (Phi) is 6.44. The molecule has 1 saturated heterocycles. The standard InChI is InChI=1S/C24H30N6O/c1-18-7-9-22(10-8-18)30-20(3)24(19(2)27-30)26-23(31)17-29-14-12-28(13-15-29)16-21-6-4-5-11-25-21/h4-11H,12-17H2,1-3H3,(H,26,31). The Bertz CT molecular complexity index is 1020. The summed E-state index contributed by atoms with van der Waals surface area (Å²) in [5.41, 5.74) is 5.86. The Morgan fingerprint density at radius 1 is 0.968 bits per heavy atom. The molecule has 1 N–H and O–H groups in total. The van der Waals surface area contributed by atoms with E-state index in [-0.39, 0.29) is 5.91 Å². The number of aryl methyl sites for hydroxylation is 2. The third kappa shape index (κ3) is 5.18. The second-order valence-electron chi connectivity index (χ2n) is 8.21. The Labute approximate surface area is 183 Å². The van der Waals surface area contributed by atoms with Gasteiger partial charge in [-0.25, -0.2) is 4.68 Å². The molecule has 0 unspecified atom stereocenters. The van der Waals surface area contributed by atoms with Gasteiger partial charge in [0, 0.05) is 38.9 Å². The van der Waals surface area contributed by atoms with Crippen molar-refractivity contribution in [1.82, 2.24) is 24.6 Å². The van der Waals surface area contributed by atoms with E-state index in [2.05, 4.69) is 50.3 Å². The van der Waals surface area contributed by atoms with Crippen molar-refractivity contribution in [2.24, 2.45) is 0 Å². The van der Waals surface area contributed by atoms with Crippen LogP contribution in [-0.4, -0.2) is 63.2 Å². The highest BCUT2D eigenvalue weighted by Crippen LogP contribution is 2.23. The number of aromatic nitrogens is 3. The number of hydrogen-bond acceptors (Lipinski definition) is 5. The van der Waals surface area contributed by atoms with E-state index >= 15 is 0 Å². The molecule has 0 aliphatic carbocycles. The SMILES string of the molecule is Cc1ccc(-n2nc(C)c(NC(=O)CN3CCN(Cc4ccccn4)CC3)c2C)cc1. The van der Waals surface area contributed by atoms with Crippen molar-refractivity contribution in [2.75, 3.05) is 38.0 Å². The van der Waals surface area contributed by atoms with Crippen LogP contribution in [0.25, 0.3) is 5.69 Å². The first-order valence-corrected chi connectivity index (χ1v) is 10.8. The van der Waals surface area contributed by atoms with Gasteiger partial charge >= 0.3 is 0 Å². The molecule has 0 spiro atoms. The van der Waals surface area contributed by atoms with E-state index in [4.69, 9.17) is 0 Å². The second kappa shape index (κ2) is 9.41. The van der Waals surface area contributed by atoms with Gasteiger partial charge in [0.05, 0.1) is 35.0 Å². The van der Waals surface area contributed by atoms with Crippen LogP contribution < -0.4 is 5.32 Å². The lowest BCUT2D eigenvalue weighted by atomic mass is 10.2. The lowest BCUT2D eigenvalue weighted by Gasteiger charge is -2.34. The van der Waals surface area contributed by atoms with Crippen molar-refractivity contribution >= 4 is 11.6 Å². The fraction of sp³-hybridized carbons (Fsp3) is 0.375. The van der Waals surface area contributed by atoms with E-state index in [1.165, 1.54) is 5.56 Å². The van der Waals surface area contributed by atoms with Gasteiger partial charge in [-0.3, -0.25) is 19.6 Å². The molecule has 1 aliphatic rings. The maximum atomic E-state index is 12.7. The Balaban J connectivity index is 1.32. The molecular weight excluding hydrogens is 388 g/mol. The molecule has 31 heavy (non-hydrogen) atoms. The summed E-state index contributed by atoms with van der Waals surface area (Å²) in [6, 6.07) is 14.2. The number of nitrogens with zero attached hydrogens (tertiary/aromatic N) is 5. The number of carbonyl (C=O) groups excluding carboxylic acids is 1. The lowest BCUT2D eigenvalue weighted by Crippen LogP contribution is -2.48. The number of amides is 1. The highest BCUT2D eigenvalue weighted by Gasteiger charge is 2.21. The monoisotopic (exact) mass is 418 g/mol. The number of hydrogen-bond donors (Lipinski definition) is 1. The first-order chi connectivity index (χ1) is 15.0. The third-order valence-corrected chi connectivity index (χ3v) is 5.78. The van der Waals surface area contributed by atoms with Crippen molar-refractivity contribution in [1.29, 1.82) is 0 Å². The maximum Gasteiger partial charge on any atom is 0.238 e. The highest BCUT2D eigenvalue weighted by molar-refractivity contribution is 5.93. The summed E-state index contributed by atoms with van der Waals surface area (Å²) in [6.07, 6.45) is 1.83. The van der Waals surface area contributed by atoms with Crippen LogP contribution >= 0.6 is 0 Å². The number of carbonyl (C=O) groups is 1. The number of anilines is 1. The molecule has 3 aromatic rings. The van der Waals surface area contributed by atoms with Crippen LogP contribution in [0, 0.1) is 20.8 Å². The summed E-state index contributed by atoms with van der Waals surface area (Å²) >= 11 is 0. The number of piperazine rings is 1. The van der Waals surface area contributed by atoms with E-state index < -0.39 is 0 Å². The predicted molar refractivity (Wildman–Crippen MR) is 122 cm³/mol. The zero-order valence-electron chi connectivity index (χ0n) is 18.5. The molecule has 0 saturated carbocycles. The lowest BCUT2D eigenvalue weighted by molar-refractivity contribution is -0.117. The first-order valence-electron chi connectivity index (χ1n) is 10.8. The van der Waals surface area contributed by atoms with Crippen LogP contribution in [0.4, 0.5) is 5.69 Å². The van der Waals surface area contributed by atoms with E-state index in [9.17, 15) is 4.79 Å². The highest BCUT2D eigenvalue weighted by atomic mass is 16.2. The largest absolute Gasteiger partial charge is 0.322 e. The molecule has 0 bridgehead atoms. The topological polar surface area (TPSA) is 66.3 Å². The maximum absolute atomic E-state index is 12.7. The normalized spacial score (nSPS) is 15.2. The fourth-order valence-electron chi connectivity index (χ4n) is 3.97. The molecule has 4 rings (SSSR count). The van der Waals surface area contributed by atoms with Crippen LogP contribution in [0.2, 0.25) is 0 Å². The smallest absolute Gasteiger partial charge is 0.238 e. The Morgan fingerprint density at radius 3 is 2.35 bits per heavy atom. The zero-order chi connectivity index (χ0) is 21.8. The molecule has 3 heterocycles. The summed E-state index contributed by atoms with van der Waals surface area (Å²) < 4.78 is 1.89. The molecule has 1 amide bonds. The summed E-state index contributed by atoms with van der Waals surface area (Å²) in [4.78, 5) is 21.7. The quantitative estimate of drug-likeness (QED) is 0.667. The minimum absolute atomic E-state index is 0.00725. The average molecular weight is 419 g/mol. The number of nitrogens with one attached hydrogen (secondary N) is 1. The van der Waals surface area contributed by atoms with Crippen LogP contribution in [-0.2, 0) is 11.3 Å². The van der Waals surface area contributed by atoms with Crippen LogP contribution in [0.3, 0.4) is 0 Å². The summed E-state index contributed by atoms with van der Waals surface area (Å²) in [6.45, 7) is 10.9. The van der Waals surface area contributed by atoms with E-state index in [0.717, 1.165) is 61.2 Å². The Hall–Kier alpha value is -3.03. The van der Waals surface area contributed by atoms with Gasteiger partial charge in [0.2, 0.25) is 5.91 Å². The molecule has 1 aliphatic heterocycles. The molecule has 162 valence electrons. The minimum Gasteiger partial charge on any atom is -0.322 e. The average Bonchev–Trinajstić information content (AvgIpc) is 3.05. The van der Waals surface area contributed by atoms with Gasteiger partial charge in [0.1, 0.15) is 0 Å². The minimum atomic E-state index is 0.00725. The van der Waals surface area contributed by atoms with Crippen molar-refractivity contribution in [3.05, 3.63) is 71.3 Å². The summed E-state index contributed by atoms with van der Waals surface area (Å²) in [5, 5.41) is 7.73. The number of pyridine rings is 1. The van der Waals surface area contributed by atoms with Gasteiger partial charge in [-0.2, -0.15) is 5.10 Å². The van der Waals surface area contributed by atoms with Crippen molar-refractivity contribution in [2.45, 2.75) is 27.3 Å². The number of rotatable bonds is 6. The molecule has 1 fully saturated rings. The summed E-state index contributed by atoms with van der Waals surface area (Å²) in [7, 11) is 0. The van der Waals surface area contributed by atoms with Crippen molar-refractivity contribution in [3.8, 4) is 5.69 Å². The molecule has 0 atom stereocenters. The molecule has 2 aromatic heterocycles. The van der Waals surface area contributed by atoms with Crippen molar-refractivity contribution in [3.63, 3.8) is 0 Å². The number of benzene rings is 1.